The SMILES string of the molecule is CCc1csc(NCCCCO)n1. The highest BCUT2D eigenvalue weighted by Gasteiger charge is 1.97. The molecule has 0 saturated carbocycles. The first-order valence-electron chi connectivity index (χ1n) is 4.66. The quantitative estimate of drug-likeness (QED) is 0.689. The van der Waals surface area contributed by atoms with Crippen LogP contribution >= 0.6 is 11.3 Å². The zero-order valence-corrected chi connectivity index (χ0v) is 8.73. The predicted octanol–water partition coefficient (Wildman–Crippen LogP) is 1.89. The number of nitrogens with one attached hydrogen (secondary N) is 1. The fourth-order valence-electron chi connectivity index (χ4n) is 0.983. The third-order valence-electron chi connectivity index (χ3n) is 1.78. The number of aryl methyl sites for hydroxylation is 1. The van der Waals surface area contributed by atoms with Gasteiger partial charge in [0.05, 0.1) is 5.69 Å². The number of hydrogen-bond acceptors (Lipinski definition) is 4. The van der Waals surface area contributed by atoms with Gasteiger partial charge in [0.1, 0.15) is 0 Å². The molecule has 4 heteroatoms. The van der Waals surface area contributed by atoms with Crippen LogP contribution in [-0.2, 0) is 6.42 Å². The molecule has 0 bridgehead atoms. The average molecular weight is 200 g/mol. The van der Waals surface area contributed by atoms with Gasteiger partial charge in [-0.05, 0) is 19.3 Å². The predicted molar refractivity (Wildman–Crippen MR) is 56.3 cm³/mol. The molecule has 0 fully saturated rings. The first-order valence-corrected chi connectivity index (χ1v) is 5.54. The maximum absolute atomic E-state index is 8.56. The number of anilines is 1. The number of aliphatic hydroxyl groups excluding tert-OH is 1. The Morgan fingerprint density at radius 3 is 3.00 bits per heavy atom. The smallest absolute Gasteiger partial charge is 0.182 e. The van der Waals surface area contributed by atoms with E-state index in [4.69, 9.17) is 5.11 Å². The van der Waals surface area contributed by atoms with Gasteiger partial charge in [0.15, 0.2) is 5.13 Å². The summed E-state index contributed by atoms with van der Waals surface area (Å²) in [7, 11) is 0. The fraction of sp³-hybridized carbons (Fsp3) is 0.667. The van der Waals surface area contributed by atoms with E-state index < -0.39 is 0 Å². The van der Waals surface area contributed by atoms with Crippen LogP contribution in [0.4, 0.5) is 5.13 Å². The molecule has 0 aromatic carbocycles. The number of aliphatic hydroxyl groups is 1. The number of thiazole rings is 1. The molecule has 0 radical (unpaired) electrons. The monoisotopic (exact) mass is 200 g/mol. The Morgan fingerprint density at radius 2 is 2.38 bits per heavy atom. The van der Waals surface area contributed by atoms with E-state index in [9.17, 15) is 0 Å². The summed E-state index contributed by atoms with van der Waals surface area (Å²) in [4.78, 5) is 4.37. The van der Waals surface area contributed by atoms with Gasteiger partial charge in [-0.15, -0.1) is 11.3 Å². The molecule has 1 aromatic rings. The molecule has 1 rings (SSSR count). The zero-order valence-electron chi connectivity index (χ0n) is 7.92. The lowest BCUT2D eigenvalue weighted by Crippen LogP contribution is -2.01. The van der Waals surface area contributed by atoms with E-state index in [1.807, 2.05) is 0 Å². The van der Waals surface area contributed by atoms with Gasteiger partial charge in [-0.1, -0.05) is 6.92 Å². The van der Waals surface area contributed by atoms with Gasteiger partial charge < -0.3 is 10.4 Å². The largest absolute Gasteiger partial charge is 0.396 e. The summed E-state index contributed by atoms with van der Waals surface area (Å²) >= 11 is 1.65. The van der Waals surface area contributed by atoms with Crippen LogP contribution < -0.4 is 5.32 Å². The highest BCUT2D eigenvalue weighted by atomic mass is 32.1. The van der Waals surface area contributed by atoms with Crippen LogP contribution in [0.1, 0.15) is 25.5 Å². The second-order valence-corrected chi connectivity index (χ2v) is 3.71. The van der Waals surface area contributed by atoms with Gasteiger partial charge in [0, 0.05) is 18.5 Å². The van der Waals surface area contributed by atoms with Crippen LogP contribution in [0.2, 0.25) is 0 Å². The highest BCUT2D eigenvalue weighted by molar-refractivity contribution is 7.13. The third kappa shape index (κ3) is 3.74. The highest BCUT2D eigenvalue weighted by Crippen LogP contribution is 2.15. The molecular weight excluding hydrogens is 184 g/mol. The molecule has 0 amide bonds. The van der Waals surface area contributed by atoms with E-state index in [0.29, 0.717) is 0 Å². The van der Waals surface area contributed by atoms with Crippen LogP contribution in [0, 0.1) is 0 Å². The Morgan fingerprint density at radius 1 is 1.54 bits per heavy atom. The summed E-state index contributed by atoms with van der Waals surface area (Å²) in [5, 5.41) is 14.9. The average Bonchev–Trinajstić information content (AvgIpc) is 2.60. The first-order chi connectivity index (χ1) is 6.36. The lowest BCUT2D eigenvalue weighted by Gasteiger charge is -1.99. The van der Waals surface area contributed by atoms with E-state index in [-0.39, 0.29) is 6.61 Å². The maximum atomic E-state index is 8.56. The van der Waals surface area contributed by atoms with Crippen LogP contribution in [0.15, 0.2) is 5.38 Å². The van der Waals surface area contributed by atoms with Gasteiger partial charge in [-0.25, -0.2) is 4.98 Å². The molecule has 0 atom stereocenters. The van der Waals surface area contributed by atoms with Crippen molar-refractivity contribution in [3.8, 4) is 0 Å². The lowest BCUT2D eigenvalue weighted by molar-refractivity contribution is 0.286. The topological polar surface area (TPSA) is 45.1 Å². The minimum atomic E-state index is 0.278. The first kappa shape index (κ1) is 10.5. The van der Waals surface area contributed by atoms with E-state index in [0.717, 1.165) is 36.6 Å². The molecule has 0 aliphatic carbocycles. The van der Waals surface area contributed by atoms with Crippen molar-refractivity contribution >= 4 is 16.5 Å². The number of hydrogen-bond donors (Lipinski definition) is 2. The standard InChI is InChI=1S/C9H16N2OS/c1-2-8-7-13-9(11-8)10-5-3-4-6-12/h7,12H,2-6H2,1H3,(H,10,11). The normalized spacial score (nSPS) is 10.3. The van der Waals surface area contributed by atoms with Crippen molar-refractivity contribution in [3.05, 3.63) is 11.1 Å². The van der Waals surface area contributed by atoms with Crippen molar-refractivity contribution in [1.82, 2.24) is 4.98 Å². The minimum absolute atomic E-state index is 0.278. The summed E-state index contributed by atoms with van der Waals surface area (Å²) in [6, 6.07) is 0. The van der Waals surface area contributed by atoms with Crippen LogP contribution in [0.3, 0.4) is 0 Å². The third-order valence-corrected chi connectivity index (χ3v) is 2.62. The minimum Gasteiger partial charge on any atom is -0.396 e. The summed E-state index contributed by atoms with van der Waals surface area (Å²) in [6.07, 6.45) is 2.85. The van der Waals surface area contributed by atoms with E-state index in [2.05, 4.69) is 22.6 Å². The second kappa shape index (κ2) is 5.94. The molecule has 13 heavy (non-hydrogen) atoms. The van der Waals surface area contributed by atoms with Crippen molar-refractivity contribution in [2.45, 2.75) is 26.2 Å². The molecule has 1 aromatic heterocycles. The van der Waals surface area contributed by atoms with Crippen molar-refractivity contribution in [3.63, 3.8) is 0 Å². The lowest BCUT2D eigenvalue weighted by atomic mass is 10.3. The van der Waals surface area contributed by atoms with E-state index in [1.165, 1.54) is 0 Å². The number of nitrogens with zero attached hydrogens (tertiary/aromatic N) is 1. The fourth-order valence-corrected chi connectivity index (χ4v) is 1.81. The van der Waals surface area contributed by atoms with Gasteiger partial charge in [-0.3, -0.25) is 0 Å². The molecule has 0 aliphatic heterocycles. The molecule has 0 spiro atoms. The van der Waals surface area contributed by atoms with Crippen LogP contribution in [0.5, 0.6) is 0 Å². The van der Waals surface area contributed by atoms with Crippen molar-refractivity contribution in [2.75, 3.05) is 18.5 Å². The summed E-state index contributed by atoms with van der Waals surface area (Å²) < 4.78 is 0. The number of rotatable bonds is 6. The van der Waals surface area contributed by atoms with Crippen molar-refractivity contribution < 1.29 is 5.11 Å². The van der Waals surface area contributed by atoms with Crippen LogP contribution in [0.25, 0.3) is 0 Å². The van der Waals surface area contributed by atoms with Gasteiger partial charge in [0.25, 0.3) is 0 Å². The summed E-state index contributed by atoms with van der Waals surface area (Å²) in [5.41, 5.74) is 1.15. The Labute approximate surface area is 82.8 Å². The Kier molecular flexibility index (Phi) is 4.78. The Hall–Kier alpha value is -0.610. The van der Waals surface area contributed by atoms with Gasteiger partial charge in [0.2, 0.25) is 0 Å². The Bertz CT molecular complexity index is 237. The van der Waals surface area contributed by atoms with Crippen molar-refractivity contribution in [2.24, 2.45) is 0 Å². The van der Waals surface area contributed by atoms with Gasteiger partial charge in [-0.2, -0.15) is 0 Å². The molecular formula is C9H16N2OS. The Balaban J connectivity index is 2.20. The number of aromatic nitrogens is 1. The molecule has 3 nitrogen and oxygen atoms in total. The molecule has 0 saturated heterocycles. The maximum Gasteiger partial charge on any atom is 0.182 e. The summed E-state index contributed by atoms with van der Waals surface area (Å²) in [5.74, 6) is 0. The molecule has 0 unspecified atom stereocenters. The van der Waals surface area contributed by atoms with E-state index in [1.54, 1.807) is 11.3 Å². The molecule has 74 valence electrons. The zero-order chi connectivity index (χ0) is 9.52. The molecule has 0 aliphatic rings. The van der Waals surface area contributed by atoms with Crippen molar-refractivity contribution in [1.29, 1.82) is 0 Å². The van der Waals surface area contributed by atoms with E-state index >= 15 is 0 Å². The molecule has 2 N–H and O–H groups in total. The second-order valence-electron chi connectivity index (χ2n) is 2.86. The van der Waals surface area contributed by atoms with Crippen LogP contribution in [-0.4, -0.2) is 23.2 Å². The number of unbranched alkanes of at least 4 members (excludes halogenated alkanes) is 1. The van der Waals surface area contributed by atoms with Gasteiger partial charge >= 0.3 is 0 Å². The summed E-state index contributed by atoms with van der Waals surface area (Å²) in [6.45, 7) is 3.28. The molecule has 1 heterocycles.